The van der Waals surface area contributed by atoms with E-state index in [1.54, 1.807) is 19.2 Å². The smallest absolute Gasteiger partial charge is 0.318 e. The molecule has 0 saturated carbocycles. The Morgan fingerprint density at radius 2 is 1.89 bits per heavy atom. The van der Waals surface area contributed by atoms with Gasteiger partial charge < -0.3 is 9.84 Å². The fraction of sp³-hybridized carbons (Fsp3) is 0.417. The lowest BCUT2D eigenvalue weighted by atomic mass is 10.1. The molecule has 0 fully saturated rings. The molecule has 0 heterocycles. The van der Waals surface area contributed by atoms with Crippen LogP contribution in [-0.2, 0) is 15.8 Å². The van der Waals surface area contributed by atoms with Crippen LogP contribution in [0.1, 0.15) is 11.1 Å². The molecular formula is C12H17NO4S. The van der Waals surface area contributed by atoms with Crippen molar-refractivity contribution in [2.45, 2.75) is 18.7 Å². The maximum absolute atomic E-state index is 12.3. The Bertz CT molecular complexity index is 464. The third-order valence-corrected chi connectivity index (χ3v) is 4.17. The third-order valence-electron chi connectivity index (χ3n) is 2.49. The molecule has 0 aliphatic rings. The Morgan fingerprint density at radius 3 is 2.28 bits per heavy atom. The number of hydrogen-bond donors (Lipinski definition) is 1. The van der Waals surface area contributed by atoms with Crippen LogP contribution in [0.5, 0.6) is 5.75 Å². The first kappa shape index (κ1) is 14.7. The Kier molecular flexibility index (Phi) is 4.86. The number of likely N-dealkylation sites (N-methyl/N-ethyl adjacent to an activating group) is 1. The van der Waals surface area contributed by atoms with Crippen molar-refractivity contribution in [3.05, 3.63) is 23.3 Å². The van der Waals surface area contributed by atoms with Crippen LogP contribution in [0.3, 0.4) is 0 Å². The number of methoxy groups -OCH3 is 1. The van der Waals surface area contributed by atoms with Gasteiger partial charge in [-0.3, -0.25) is 4.79 Å². The minimum atomic E-state index is -1.49. The van der Waals surface area contributed by atoms with Gasteiger partial charge >= 0.3 is 5.97 Å². The molecule has 0 saturated heterocycles. The topological polar surface area (TPSA) is 66.8 Å². The van der Waals surface area contributed by atoms with Gasteiger partial charge in [-0.15, -0.1) is 0 Å². The predicted octanol–water partition coefficient (Wildman–Crippen LogP) is 1.35. The van der Waals surface area contributed by atoms with Gasteiger partial charge in [0.1, 0.15) is 23.3 Å². The second kappa shape index (κ2) is 5.97. The number of carbonyl (C=O) groups is 1. The first-order valence-electron chi connectivity index (χ1n) is 5.37. The molecule has 5 nitrogen and oxygen atoms in total. The van der Waals surface area contributed by atoms with Gasteiger partial charge in [-0.05, 0) is 37.1 Å². The van der Waals surface area contributed by atoms with Gasteiger partial charge in [0.05, 0.1) is 12.0 Å². The van der Waals surface area contributed by atoms with Gasteiger partial charge in [0.15, 0.2) is 0 Å². The molecule has 18 heavy (non-hydrogen) atoms. The normalized spacial score (nSPS) is 12.5. The van der Waals surface area contributed by atoms with Crippen molar-refractivity contribution in [1.29, 1.82) is 0 Å². The Labute approximate surface area is 109 Å². The van der Waals surface area contributed by atoms with Crippen molar-refractivity contribution in [1.82, 2.24) is 4.31 Å². The van der Waals surface area contributed by atoms with E-state index in [0.29, 0.717) is 10.6 Å². The molecule has 0 aliphatic carbocycles. The monoisotopic (exact) mass is 271 g/mol. The van der Waals surface area contributed by atoms with Crippen molar-refractivity contribution >= 4 is 17.0 Å². The minimum absolute atomic E-state index is 0.266. The number of carboxylic acids is 1. The maximum Gasteiger partial charge on any atom is 0.318 e. The van der Waals surface area contributed by atoms with E-state index in [9.17, 15) is 9.00 Å². The molecule has 1 aromatic rings. The number of ether oxygens (including phenoxy) is 1. The molecule has 0 radical (unpaired) electrons. The summed E-state index contributed by atoms with van der Waals surface area (Å²) in [6, 6.07) is 3.57. The fourth-order valence-corrected chi connectivity index (χ4v) is 2.92. The highest BCUT2D eigenvalue weighted by atomic mass is 32.2. The van der Waals surface area contributed by atoms with Crippen molar-refractivity contribution in [3.63, 3.8) is 0 Å². The van der Waals surface area contributed by atoms with Gasteiger partial charge in [0.25, 0.3) is 0 Å². The van der Waals surface area contributed by atoms with E-state index in [1.807, 2.05) is 13.8 Å². The summed E-state index contributed by atoms with van der Waals surface area (Å²) in [6.45, 7) is 3.40. The van der Waals surface area contributed by atoms with Crippen LogP contribution in [0, 0.1) is 13.8 Å². The van der Waals surface area contributed by atoms with E-state index in [-0.39, 0.29) is 6.54 Å². The lowest BCUT2D eigenvalue weighted by molar-refractivity contribution is -0.136. The van der Waals surface area contributed by atoms with Crippen molar-refractivity contribution < 1.29 is 18.8 Å². The molecule has 1 aromatic carbocycles. The van der Waals surface area contributed by atoms with Crippen LogP contribution in [0.2, 0.25) is 0 Å². The molecule has 100 valence electrons. The van der Waals surface area contributed by atoms with Gasteiger partial charge in [-0.2, -0.15) is 0 Å². The largest absolute Gasteiger partial charge is 0.497 e. The zero-order valence-electron chi connectivity index (χ0n) is 10.9. The highest BCUT2D eigenvalue weighted by molar-refractivity contribution is 7.82. The molecule has 1 N–H and O–H groups in total. The molecule has 0 bridgehead atoms. The summed E-state index contributed by atoms with van der Waals surface area (Å²) in [7, 11) is 1.61. The summed E-state index contributed by atoms with van der Waals surface area (Å²) in [5, 5.41) is 8.70. The minimum Gasteiger partial charge on any atom is -0.497 e. The van der Waals surface area contributed by atoms with E-state index in [4.69, 9.17) is 9.84 Å². The molecular weight excluding hydrogens is 254 g/mol. The number of nitrogens with zero attached hydrogens (tertiary/aromatic N) is 1. The molecule has 0 spiro atoms. The summed E-state index contributed by atoms with van der Waals surface area (Å²) in [4.78, 5) is 11.3. The van der Waals surface area contributed by atoms with Gasteiger partial charge in [-0.1, -0.05) is 0 Å². The molecule has 1 atom stereocenters. The number of aryl methyl sites for hydroxylation is 2. The highest BCUT2D eigenvalue weighted by Gasteiger charge is 2.18. The highest BCUT2D eigenvalue weighted by Crippen LogP contribution is 2.25. The maximum atomic E-state index is 12.3. The van der Waals surface area contributed by atoms with Crippen LogP contribution in [0.25, 0.3) is 0 Å². The second-order valence-corrected chi connectivity index (χ2v) is 5.55. The number of rotatable bonds is 5. The number of aliphatic carboxylic acids is 1. The first-order chi connectivity index (χ1) is 8.36. The predicted molar refractivity (Wildman–Crippen MR) is 69.1 cm³/mol. The quantitative estimate of drug-likeness (QED) is 0.878. The van der Waals surface area contributed by atoms with Crippen molar-refractivity contribution in [3.8, 4) is 5.75 Å². The number of benzene rings is 1. The lowest BCUT2D eigenvalue weighted by Gasteiger charge is -2.17. The van der Waals surface area contributed by atoms with Crippen LogP contribution in [0.15, 0.2) is 17.0 Å². The molecule has 0 aliphatic heterocycles. The molecule has 1 unspecified atom stereocenters. The van der Waals surface area contributed by atoms with Gasteiger partial charge in [-0.25, -0.2) is 8.51 Å². The molecule has 0 amide bonds. The first-order valence-corrected chi connectivity index (χ1v) is 6.47. The van der Waals surface area contributed by atoms with Crippen LogP contribution >= 0.6 is 0 Å². The van der Waals surface area contributed by atoms with Gasteiger partial charge in [0.2, 0.25) is 0 Å². The summed E-state index contributed by atoms with van der Waals surface area (Å²) >= 11 is 0. The fourth-order valence-electron chi connectivity index (χ4n) is 1.71. The van der Waals surface area contributed by atoms with Crippen LogP contribution < -0.4 is 4.74 Å². The Hall–Kier alpha value is -1.40. The second-order valence-electron chi connectivity index (χ2n) is 4.02. The van der Waals surface area contributed by atoms with Gasteiger partial charge in [0, 0.05) is 7.05 Å². The van der Waals surface area contributed by atoms with E-state index in [1.165, 1.54) is 11.4 Å². The SMILES string of the molecule is COc1cc(C)c(S(=O)N(C)CC(=O)O)c(C)c1. The summed E-state index contributed by atoms with van der Waals surface area (Å²) in [6.07, 6.45) is 0. The zero-order chi connectivity index (χ0) is 13.9. The molecule has 1 rings (SSSR count). The van der Waals surface area contributed by atoms with Crippen LogP contribution in [-0.4, -0.2) is 40.3 Å². The van der Waals surface area contributed by atoms with Crippen molar-refractivity contribution in [2.24, 2.45) is 0 Å². The average Bonchev–Trinajstić information content (AvgIpc) is 2.26. The molecule has 0 aromatic heterocycles. The standard InChI is InChI=1S/C12H17NO4S/c1-8-5-10(17-4)6-9(2)12(8)18(16)13(3)7-11(14)15/h5-6H,7H2,1-4H3,(H,14,15). The lowest BCUT2D eigenvalue weighted by Crippen LogP contribution is -2.28. The van der Waals surface area contributed by atoms with Crippen molar-refractivity contribution in [2.75, 3.05) is 20.7 Å². The Morgan fingerprint density at radius 1 is 1.39 bits per heavy atom. The summed E-state index contributed by atoms with van der Waals surface area (Å²) < 4.78 is 18.7. The third kappa shape index (κ3) is 3.30. The van der Waals surface area contributed by atoms with E-state index < -0.39 is 17.0 Å². The average molecular weight is 271 g/mol. The van der Waals surface area contributed by atoms with E-state index in [0.717, 1.165) is 11.1 Å². The van der Waals surface area contributed by atoms with Crippen LogP contribution in [0.4, 0.5) is 0 Å². The van der Waals surface area contributed by atoms with E-state index >= 15 is 0 Å². The number of hydrogen-bond acceptors (Lipinski definition) is 3. The summed E-state index contributed by atoms with van der Waals surface area (Å²) in [5.41, 5.74) is 1.64. The number of carboxylic acid groups (broad SMARTS) is 1. The Balaban J connectivity index is 3.09. The summed E-state index contributed by atoms with van der Waals surface area (Å²) in [5.74, 6) is -0.304. The van der Waals surface area contributed by atoms with E-state index in [2.05, 4.69) is 0 Å². The zero-order valence-corrected chi connectivity index (χ0v) is 11.7. The molecule has 6 heteroatoms.